The molecule has 1 heterocycles. The maximum absolute atomic E-state index is 13.0. The van der Waals surface area contributed by atoms with Crippen LogP contribution in [0.3, 0.4) is 0 Å². The Balaban J connectivity index is 1.69. The number of hydrogen-bond acceptors (Lipinski definition) is 6. The number of ether oxygens (including phenoxy) is 1. The Labute approximate surface area is 163 Å². The fraction of sp³-hybridized carbons (Fsp3) is 0.250. The maximum Gasteiger partial charge on any atom is 0.253 e. The molecule has 2 N–H and O–H groups in total. The molecule has 0 atom stereocenters. The Hall–Kier alpha value is -2.68. The third-order valence-electron chi connectivity index (χ3n) is 5.14. The SMILES string of the molecule is COc1cccc2c1C(=O)c1ccc(C(=O)N3CCS(O)(O)CC3)cc1C2=O. The van der Waals surface area contributed by atoms with Crippen molar-refractivity contribution in [3.63, 3.8) is 0 Å². The quantitative estimate of drug-likeness (QED) is 0.684. The van der Waals surface area contributed by atoms with Crippen molar-refractivity contribution in [2.75, 3.05) is 31.7 Å². The molecule has 4 rings (SSSR count). The third-order valence-corrected chi connectivity index (χ3v) is 6.81. The summed E-state index contributed by atoms with van der Waals surface area (Å²) in [5.41, 5.74) is 1.23. The van der Waals surface area contributed by atoms with Gasteiger partial charge in [0.05, 0.1) is 24.2 Å². The third kappa shape index (κ3) is 2.99. The highest BCUT2D eigenvalue weighted by atomic mass is 32.3. The summed E-state index contributed by atoms with van der Waals surface area (Å²) in [6, 6.07) is 9.33. The summed E-state index contributed by atoms with van der Waals surface area (Å²) >= 11 is 0. The molecular weight excluding hydrogens is 382 g/mol. The van der Waals surface area contributed by atoms with Gasteiger partial charge in [0, 0.05) is 35.3 Å². The number of amides is 1. The van der Waals surface area contributed by atoms with Crippen molar-refractivity contribution in [3.05, 3.63) is 64.2 Å². The van der Waals surface area contributed by atoms with Gasteiger partial charge in [-0.05, 0) is 24.3 Å². The van der Waals surface area contributed by atoms with Crippen LogP contribution in [0, 0.1) is 0 Å². The highest BCUT2D eigenvalue weighted by Gasteiger charge is 2.33. The standard InChI is InChI=1S/C20H19NO6S/c1-27-16-4-2-3-14-17(16)19(23)13-6-5-12(11-15(13)18(14)22)20(24)21-7-9-28(25,26)10-8-21/h2-6,11,25-26H,7-10H2,1H3. The molecule has 7 nitrogen and oxygen atoms in total. The number of methoxy groups -OCH3 is 1. The van der Waals surface area contributed by atoms with Gasteiger partial charge in [0.2, 0.25) is 0 Å². The van der Waals surface area contributed by atoms with Crippen LogP contribution in [0.25, 0.3) is 0 Å². The van der Waals surface area contributed by atoms with Gasteiger partial charge >= 0.3 is 0 Å². The number of fused-ring (bicyclic) bond motifs is 2. The van der Waals surface area contributed by atoms with Gasteiger partial charge in [-0.3, -0.25) is 23.5 Å². The highest BCUT2D eigenvalue weighted by molar-refractivity contribution is 8.24. The predicted molar refractivity (Wildman–Crippen MR) is 105 cm³/mol. The number of carbonyl (C=O) groups is 3. The summed E-state index contributed by atoms with van der Waals surface area (Å²) in [6.07, 6.45) is 0. The Morgan fingerprint density at radius 2 is 1.71 bits per heavy atom. The van der Waals surface area contributed by atoms with E-state index in [1.54, 1.807) is 18.2 Å². The molecule has 2 aromatic rings. The summed E-state index contributed by atoms with van der Waals surface area (Å²) < 4.78 is 24.7. The zero-order valence-electron chi connectivity index (χ0n) is 15.2. The van der Waals surface area contributed by atoms with Crippen molar-refractivity contribution in [1.29, 1.82) is 0 Å². The molecule has 0 aromatic heterocycles. The van der Waals surface area contributed by atoms with Crippen LogP contribution >= 0.6 is 10.6 Å². The van der Waals surface area contributed by atoms with Gasteiger partial charge in [0.25, 0.3) is 5.91 Å². The molecule has 8 heteroatoms. The average Bonchev–Trinajstić information content (AvgIpc) is 2.70. The number of hydrogen-bond donors (Lipinski definition) is 2. The second-order valence-electron chi connectivity index (χ2n) is 6.80. The summed E-state index contributed by atoms with van der Waals surface area (Å²) in [5.74, 6) is -0.301. The lowest BCUT2D eigenvalue weighted by atomic mass is 9.83. The predicted octanol–water partition coefficient (Wildman–Crippen LogP) is 2.68. The van der Waals surface area contributed by atoms with Crippen LogP contribution in [-0.2, 0) is 0 Å². The van der Waals surface area contributed by atoms with Crippen molar-refractivity contribution in [1.82, 2.24) is 4.90 Å². The van der Waals surface area contributed by atoms with Crippen molar-refractivity contribution >= 4 is 28.1 Å². The molecule has 0 spiro atoms. The minimum Gasteiger partial charge on any atom is -0.496 e. The molecule has 1 aliphatic heterocycles. The van der Waals surface area contributed by atoms with Crippen molar-refractivity contribution in [3.8, 4) is 5.75 Å². The van der Waals surface area contributed by atoms with Crippen molar-refractivity contribution in [2.45, 2.75) is 0 Å². The van der Waals surface area contributed by atoms with E-state index in [-0.39, 0.29) is 64.3 Å². The van der Waals surface area contributed by atoms with Gasteiger partial charge in [-0.2, -0.15) is 10.6 Å². The van der Waals surface area contributed by atoms with Crippen LogP contribution in [0.4, 0.5) is 0 Å². The van der Waals surface area contributed by atoms with Gasteiger partial charge in [-0.15, -0.1) is 0 Å². The first kappa shape index (κ1) is 18.7. The van der Waals surface area contributed by atoms with E-state index < -0.39 is 10.6 Å². The van der Waals surface area contributed by atoms with E-state index in [0.29, 0.717) is 11.3 Å². The molecule has 2 aliphatic rings. The zero-order valence-corrected chi connectivity index (χ0v) is 16.0. The molecule has 1 amide bonds. The first-order valence-electron chi connectivity index (χ1n) is 8.76. The fourth-order valence-corrected chi connectivity index (χ4v) is 4.81. The lowest BCUT2D eigenvalue weighted by Crippen LogP contribution is -2.42. The second kappa shape index (κ2) is 6.73. The molecule has 0 bridgehead atoms. The molecular formula is C20H19NO6S. The maximum atomic E-state index is 13.0. The minimum absolute atomic E-state index is 0.147. The molecule has 0 unspecified atom stereocenters. The van der Waals surface area contributed by atoms with Crippen LogP contribution in [-0.4, -0.2) is 63.2 Å². The summed E-state index contributed by atoms with van der Waals surface area (Å²) in [4.78, 5) is 40.2. The topological polar surface area (TPSA) is 104 Å². The normalized spacial score (nSPS) is 18.9. The Morgan fingerprint density at radius 3 is 2.39 bits per heavy atom. The molecule has 2 aromatic carbocycles. The van der Waals surface area contributed by atoms with Crippen LogP contribution in [0.5, 0.6) is 5.75 Å². The molecule has 1 saturated heterocycles. The summed E-state index contributed by atoms with van der Waals surface area (Å²) in [5, 5.41) is 0. The molecule has 0 saturated carbocycles. The number of carbonyl (C=O) groups excluding carboxylic acids is 3. The number of ketones is 2. The molecule has 146 valence electrons. The van der Waals surface area contributed by atoms with Gasteiger partial charge < -0.3 is 9.64 Å². The van der Waals surface area contributed by atoms with E-state index in [0.717, 1.165) is 0 Å². The van der Waals surface area contributed by atoms with E-state index in [2.05, 4.69) is 0 Å². The first-order valence-corrected chi connectivity index (χ1v) is 10.6. The van der Waals surface area contributed by atoms with E-state index in [4.69, 9.17) is 4.74 Å². The van der Waals surface area contributed by atoms with Crippen LogP contribution in [0.1, 0.15) is 42.2 Å². The molecule has 28 heavy (non-hydrogen) atoms. The zero-order chi connectivity index (χ0) is 20.1. The fourth-order valence-electron chi connectivity index (χ4n) is 3.58. The number of nitrogens with zero attached hydrogens (tertiary/aromatic N) is 1. The Kier molecular flexibility index (Phi) is 4.49. The van der Waals surface area contributed by atoms with E-state index in [9.17, 15) is 23.5 Å². The van der Waals surface area contributed by atoms with Crippen molar-refractivity contribution in [2.24, 2.45) is 0 Å². The minimum atomic E-state index is -2.61. The largest absolute Gasteiger partial charge is 0.496 e. The lowest BCUT2D eigenvalue weighted by molar-refractivity contribution is 0.0767. The van der Waals surface area contributed by atoms with Gasteiger partial charge in [-0.25, -0.2) is 0 Å². The van der Waals surface area contributed by atoms with E-state index in [1.165, 1.54) is 30.2 Å². The van der Waals surface area contributed by atoms with Gasteiger partial charge in [0.1, 0.15) is 5.75 Å². The molecule has 1 fully saturated rings. The van der Waals surface area contributed by atoms with Crippen LogP contribution < -0.4 is 4.74 Å². The monoisotopic (exact) mass is 401 g/mol. The highest BCUT2D eigenvalue weighted by Crippen LogP contribution is 2.40. The first-order chi connectivity index (χ1) is 13.3. The number of rotatable bonds is 2. The number of benzene rings is 2. The van der Waals surface area contributed by atoms with Crippen LogP contribution in [0.2, 0.25) is 0 Å². The molecule has 1 aliphatic carbocycles. The van der Waals surface area contributed by atoms with E-state index in [1.807, 2.05) is 0 Å². The summed E-state index contributed by atoms with van der Waals surface area (Å²) in [6.45, 7) is 0.482. The smallest absolute Gasteiger partial charge is 0.253 e. The molecule has 0 radical (unpaired) electrons. The van der Waals surface area contributed by atoms with Gasteiger partial charge in [0.15, 0.2) is 11.6 Å². The Morgan fingerprint density at radius 1 is 1.00 bits per heavy atom. The Bertz CT molecular complexity index is 1010. The lowest BCUT2D eigenvalue weighted by Gasteiger charge is -2.41. The summed E-state index contributed by atoms with van der Waals surface area (Å²) in [7, 11) is -1.16. The average molecular weight is 401 g/mol. The van der Waals surface area contributed by atoms with Gasteiger partial charge in [-0.1, -0.05) is 12.1 Å². The van der Waals surface area contributed by atoms with E-state index >= 15 is 0 Å². The second-order valence-corrected chi connectivity index (χ2v) is 9.22. The van der Waals surface area contributed by atoms with Crippen molar-refractivity contribution < 1.29 is 28.2 Å². The van der Waals surface area contributed by atoms with Crippen LogP contribution in [0.15, 0.2) is 36.4 Å².